The fourth-order valence-corrected chi connectivity index (χ4v) is 1.83. The van der Waals surface area contributed by atoms with Crippen LogP contribution in [0.1, 0.15) is 11.1 Å². The first-order chi connectivity index (χ1) is 15.5. The maximum atomic E-state index is 12.8. The van der Waals surface area contributed by atoms with Crippen molar-refractivity contribution < 1.29 is 94.2 Å². The first-order valence-corrected chi connectivity index (χ1v) is 8.06. The van der Waals surface area contributed by atoms with Gasteiger partial charge in [0.15, 0.2) is 0 Å². The molecule has 0 unspecified atom stereocenters. The van der Waals surface area contributed by atoms with Gasteiger partial charge >= 0.3 is 45.1 Å². The zero-order valence-electron chi connectivity index (χ0n) is 16.3. The number of benzene rings is 3. The molecule has 186 valence electrons. The first-order valence-electron chi connectivity index (χ1n) is 8.06. The van der Waals surface area contributed by atoms with E-state index in [1.165, 1.54) is 0 Å². The van der Waals surface area contributed by atoms with Crippen molar-refractivity contribution in [2.75, 3.05) is 0 Å². The second-order valence-corrected chi connectivity index (χ2v) is 5.58. The minimum absolute atomic E-state index is 0. The van der Waals surface area contributed by atoms with Gasteiger partial charge in [0.1, 0.15) is 0 Å². The van der Waals surface area contributed by atoms with E-state index in [-0.39, 0.29) is 32.7 Å². The Bertz CT molecular complexity index is 1060. The third-order valence-electron chi connectivity index (χ3n) is 3.25. The van der Waals surface area contributed by atoms with Gasteiger partial charge in [-0.2, -0.15) is 62.7 Å². The van der Waals surface area contributed by atoms with Crippen LogP contribution in [-0.4, -0.2) is 0 Å². The van der Waals surface area contributed by atoms with Gasteiger partial charge in [0, 0.05) is 17.2 Å². The Hall–Kier alpha value is -2.22. The van der Waals surface area contributed by atoms with Crippen LogP contribution in [0.2, 0.25) is 0 Å². The van der Waals surface area contributed by atoms with Gasteiger partial charge in [-0.1, -0.05) is 0 Å². The molecule has 0 saturated heterocycles. The predicted octanol–water partition coefficient (Wildman–Crippen LogP) is 7.61. The van der Waals surface area contributed by atoms with Gasteiger partial charge in [-0.3, -0.25) is 17.6 Å². The van der Waals surface area contributed by atoms with Crippen LogP contribution in [0.25, 0.3) is 0 Å². The maximum Gasteiger partial charge on any atom is 3.00 e. The molecule has 3 rings (SSSR count). The SMILES string of the molecule is Fc1[c-]c(C(F)(F)F)c(F)c(C(F)(F)F)c1F.Fc1[c-]c(F)c(F)c(F)c1F.[Y+3].[c-]1ccccc1. The van der Waals surface area contributed by atoms with Gasteiger partial charge in [0.25, 0.3) is 0 Å². The third kappa shape index (κ3) is 9.06. The van der Waals surface area contributed by atoms with Crippen molar-refractivity contribution in [3.05, 3.63) is 106 Å². The minimum Gasteiger partial charge on any atom is -0.283 e. The van der Waals surface area contributed by atoms with Gasteiger partial charge < -0.3 is 0 Å². The third-order valence-corrected chi connectivity index (χ3v) is 3.25. The summed E-state index contributed by atoms with van der Waals surface area (Å²) in [6, 6.07) is 14.1. The van der Waals surface area contributed by atoms with E-state index in [4.69, 9.17) is 0 Å². The van der Waals surface area contributed by atoms with Gasteiger partial charge in [-0.15, -0.1) is 12.1 Å². The molecule has 0 bridgehead atoms. The molecule has 0 heterocycles. The van der Waals surface area contributed by atoms with E-state index >= 15 is 0 Å². The Morgan fingerprint density at radius 3 is 1.23 bits per heavy atom. The van der Waals surface area contributed by atoms with Crippen LogP contribution < -0.4 is 0 Å². The molecule has 0 amide bonds. The van der Waals surface area contributed by atoms with Crippen molar-refractivity contribution in [3.8, 4) is 0 Å². The number of hydrogen-bond donors (Lipinski definition) is 0. The largest absolute Gasteiger partial charge is 3.00 e. The Morgan fingerprint density at radius 1 is 0.486 bits per heavy atom. The van der Waals surface area contributed by atoms with Gasteiger partial charge in [-0.25, -0.2) is 17.6 Å². The summed E-state index contributed by atoms with van der Waals surface area (Å²) in [6.45, 7) is 0. The molecule has 0 aliphatic heterocycles. The summed E-state index contributed by atoms with van der Waals surface area (Å²) in [5.74, 6) is -18.3. The molecule has 0 spiro atoms. The maximum absolute atomic E-state index is 12.8. The van der Waals surface area contributed by atoms with Crippen LogP contribution in [0, 0.1) is 64.7 Å². The van der Waals surface area contributed by atoms with Crippen molar-refractivity contribution in [3.63, 3.8) is 0 Å². The topological polar surface area (TPSA) is 0 Å². The molecular formula is C20H5F14Y. The average molecular weight is 600 g/mol. The Kier molecular flexibility index (Phi) is 12.4. The van der Waals surface area contributed by atoms with Crippen molar-refractivity contribution in [2.45, 2.75) is 12.4 Å². The van der Waals surface area contributed by atoms with E-state index in [9.17, 15) is 61.5 Å². The second-order valence-electron chi connectivity index (χ2n) is 5.58. The van der Waals surface area contributed by atoms with E-state index in [2.05, 4.69) is 6.07 Å². The van der Waals surface area contributed by atoms with Gasteiger partial charge in [0.2, 0.25) is 0 Å². The molecule has 0 N–H and O–H groups in total. The van der Waals surface area contributed by atoms with Gasteiger partial charge in [-0.05, 0) is 5.56 Å². The van der Waals surface area contributed by atoms with Crippen LogP contribution in [0.15, 0.2) is 30.3 Å². The van der Waals surface area contributed by atoms with Crippen molar-refractivity contribution in [1.82, 2.24) is 0 Å². The van der Waals surface area contributed by atoms with Crippen molar-refractivity contribution in [1.29, 1.82) is 0 Å². The molecule has 0 nitrogen and oxygen atoms in total. The standard InChI is InChI=1S/C8F9.C6F5.C6H5.Y/c9-3-1-2(7(12,13)14)5(10)4(6(3)11)8(15,16)17;7-2-1-3(8)5(10)6(11)4(2)9;1-2-4-6-5-3-1;/h;;1-5H;/q3*-1;+3. The molecule has 0 aromatic heterocycles. The molecule has 3 aromatic rings. The van der Waals surface area contributed by atoms with Crippen LogP contribution >= 0.6 is 0 Å². The summed E-state index contributed by atoms with van der Waals surface area (Å²) in [7, 11) is 0. The predicted molar refractivity (Wildman–Crippen MR) is 85.5 cm³/mol. The molecule has 0 fully saturated rings. The van der Waals surface area contributed by atoms with Crippen molar-refractivity contribution >= 4 is 0 Å². The monoisotopic (exact) mass is 600 g/mol. The zero-order chi connectivity index (χ0) is 26.4. The van der Waals surface area contributed by atoms with E-state index < -0.39 is 70.0 Å². The minimum atomic E-state index is -5.79. The fourth-order valence-electron chi connectivity index (χ4n) is 1.83. The molecular weight excluding hydrogens is 595 g/mol. The molecule has 15 heteroatoms. The van der Waals surface area contributed by atoms with Crippen LogP contribution in [-0.2, 0) is 45.1 Å². The number of hydrogen-bond acceptors (Lipinski definition) is 0. The Labute approximate surface area is 212 Å². The molecule has 0 aliphatic carbocycles. The van der Waals surface area contributed by atoms with E-state index in [0.29, 0.717) is 6.07 Å². The van der Waals surface area contributed by atoms with Crippen molar-refractivity contribution in [2.24, 2.45) is 0 Å². The first kappa shape index (κ1) is 32.8. The quantitative estimate of drug-likeness (QED) is 0.108. The summed E-state index contributed by atoms with van der Waals surface area (Å²) in [5, 5.41) is 0. The smallest absolute Gasteiger partial charge is 0.283 e. The summed E-state index contributed by atoms with van der Waals surface area (Å²) in [6.07, 6.45) is -11.4. The summed E-state index contributed by atoms with van der Waals surface area (Å²) in [4.78, 5) is 0. The zero-order valence-corrected chi connectivity index (χ0v) is 19.1. The molecule has 0 atom stereocenters. The molecule has 3 aromatic carbocycles. The number of rotatable bonds is 0. The van der Waals surface area contributed by atoms with E-state index in [1.54, 1.807) is 0 Å². The summed E-state index contributed by atoms with van der Waals surface area (Å²) >= 11 is 0. The fraction of sp³-hybridized carbons (Fsp3) is 0.100. The van der Waals surface area contributed by atoms with E-state index in [0.717, 1.165) is 6.07 Å². The van der Waals surface area contributed by atoms with Crippen LogP contribution in [0.4, 0.5) is 61.5 Å². The molecule has 0 radical (unpaired) electrons. The Morgan fingerprint density at radius 2 is 0.914 bits per heavy atom. The Balaban J connectivity index is 0.000000547. The van der Waals surface area contributed by atoms with E-state index in [1.807, 2.05) is 30.3 Å². The average Bonchev–Trinajstić information content (AvgIpc) is 2.74. The number of alkyl halides is 6. The molecule has 0 aliphatic rings. The second kappa shape index (κ2) is 13.2. The van der Waals surface area contributed by atoms with Crippen LogP contribution in [0.5, 0.6) is 0 Å². The summed E-state index contributed by atoms with van der Waals surface area (Å²) < 4.78 is 170. The molecule has 35 heavy (non-hydrogen) atoms. The molecule has 0 saturated carbocycles. The normalized spacial score (nSPS) is 10.9. The van der Waals surface area contributed by atoms with Crippen LogP contribution in [0.3, 0.4) is 0 Å². The van der Waals surface area contributed by atoms with Gasteiger partial charge in [0.05, 0.1) is 34.9 Å². The number of halogens is 14. The summed E-state index contributed by atoms with van der Waals surface area (Å²) in [5.41, 5.74) is -5.56.